The third-order valence-electron chi connectivity index (χ3n) is 6.52. The molecule has 2 heterocycles. The molecule has 2 aromatic carbocycles. The number of rotatable bonds is 6. The summed E-state index contributed by atoms with van der Waals surface area (Å²) in [7, 11) is 0. The predicted molar refractivity (Wildman–Crippen MR) is 119 cm³/mol. The van der Waals surface area contributed by atoms with Crippen molar-refractivity contribution in [2.45, 2.75) is 45.5 Å². The van der Waals surface area contributed by atoms with E-state index in [1.54, 1.807) is 17.4 Å². The summed E-state index contributed by atoms with van der Waals surface area (Å²) < 4.78 is 20.6. The predicted octanol–water partition coefficient (Wildman–Crippen LogP) is 5.62. The smallest absolute Gasteiger partial charge is 0.306 e. The lowest BCUT2D eigenvalue weighted by atomic mass is 9.79. The van der Waals surface area contributed by atoms with Gasteiger partial charge in [0, 0.05) is 24.7 Å². The normalized spacial score (nSPS) is 20.3. The van der Waals surface area contributed by atoms with E-state index in [1.165, 1.54) is 11.1 Å². The number of carboxylic acid groups (broad SMARTS) is 1. The maximum atomic E-state index is 14.7. The van der Waals surface area contributed by atoms with Gasteiger partial charge in [0.15, 0.2) is 0 Å². The Morgan fingerprint density at radius 2 is 2.00 bits per heavy atom. The van der Waals surface area contributed by atoms with E-state index in [0.29, 0.717) is 11.6 Å². The topological polar surface area (TPSA) is 49.8 Å². The third kappa shape index (κ3) is 3.98. The van der Waals surface area contributed by atoms with Crippen molar-refractivity contribution >= 4 is 17.3 Å². The zero-order chi connectivity index (χ0) is 21.5. The maximum Gasteiger partial charge on any atom is 0.306 e. The number of thiophene rings is 1. The van der Waals surface area contributed by atoms with E-state index in [1.807, 2.05) is 41.9 Å². The van der Waals surface area contributed by atoms with Gasteiger partial charge >= 0.3 is 5.97 Å². The van der Waals surface area contributed by atoms with Gasteiger partial charge in [-0.3, -0.25) is 9.69 Å². The van der Waals surface area contributed by atoms with Crippen molar-refractivity contribution < 1.29 is 19.0 Å². The van der Waals surface area contributed by atoms with Crippen LogP contribution in [0.1, 0.15) is 35.1 Å². The van der Waals surface area contributed by atoms with Gasteiger partial charge in [0.25, 0.3) is 0 Å². The molecule has 1 aliphatic heterocycles. The highest BCUT2D eigenvalue weighted by Gasteiger charge is 2.39. The Labute approximate surface area is 184 Å². The van der Waals surface area contributed by atoms with E-state index >= 15 is 0 Å². The summed E-state index contributed by atoms with van der Waals surface area (Å²) in [4.78, 5) is 13.4. The van der Waals surface area contributed by atoms with Gasteiger partial charge in [-0.05, 0) is 88.7 Å². The van der Waals surface area contributed by atoms with Gasteiger partial charge in [-0.25, -0.2) is 4.39 Å². The largest absolute Gasteiger partial charge is 0.489 e. The van der Waals surface area contributed by atoms with Crippen molar-refractivity contribution in [2.24, 2.45) is 5.92 Å². The molecule has 6 heteroatoms. The summed E-state index contributed by atoms with van der Waals surface area (Å²) in [5, 5.41) is 13.1. The molecule has 1 saturated carbocycles. The second kappa shape index (κ2) is 8.09. The average molecular weight is 438 g/mol. The van der Waals surface area contributed by atoms with Crippen LogP contribution in [0.5, 0.6) is 5.75 Å². The fourth-order valence-electron chi connectivity index (χ4n) is 4.57. The van der Waals surface area contributed by atoms with Crippen molar-refractivity contribution in [1.82, 2.24) is 4.90 Å². The van der Waals surface area contributed by atoms with Gasteiger partial charge in [-0.2, -0.15) is 11.3 Å². The highest BCUT2D eigenvalue weighted by atomic mass is 32.1. The first-order valence-electron chi connectivity index (χ1n) is 10.5. The second-order valence-corrected chi connectivity index (χ2v) is 9.34. The molecule has 1 aromatic heterocycles. The van der Waals surface area contributed by atoms with E-state index in [-0.39, 0.29) is 18.3 Å². The van der Waals surface area contributed by atoms with Crippen LogP contribution in [0.2, 0.25) is 0 Å². The molecule has 160 valence electrons. The fourth-order valence-corrected chi connectivity index (χ4v) is 5.23. The number of halogens is 1. The first kappa shape index (κ1) is 20.2. The highest BCUT2D eigenvalue weighted by molar-refractivity contribution is 7.08. The molecule has 4 nitrogen and oxygen atoms in total. The monoisotopic (exact) mass is 437 g/mol. The minimum atomic E-state index is -0.686. The number of ether oxygens (including phenoxy) is 1. The molecule has 3 aromatic rings. The van der Waals surface area contributed by atoms with Crippen LogP contribution >= 0.6 is 11.3 Å². The molecule has 2 aliphatic rings. The number of aliphatic carboxylic acids is 1. The maximum absolute atomic E-state index is 14.7. The number of carboxylic acids is 1. The molecule has 1 aliphatic carbocycles. The van der Waals surface area contributed by atoms with Crippen molar-refractivity contribution in [3.05, 3.63) is 75.2 Å². The first-order chi connectivity index (χ1) is 15.0. The van der Waals surface area contributed by atoms with E-state index < -0.39 is 5.97 Å². The van der Waals surface area contributed by atoms with Crippen molar-refractivity contribution in [3.8, 4) is 16.9 Å². The molecule has 0 saturated heterocycles. The van der Waals surface area contributed by atoms with Crippen LogP contribution in [-0.4, -0.2) is 22.0 Å². The minimum absolute atomic E-state index is 0.183. The summed E-state index contributed by atoms with van der Waals surface area (Å²) in [5.41, 5.74) is 6.00. The molecule has 31 heavy (non-hydrogen) atoms. The zero-order valence-corrected chi connectivity index (χ0v) is 18.1. The fraction of sp³-hybridized carbons (Fsp3) is 0.320. The summed E-state index contributed by atoms with van der Waals surface area (Å²) in [5.74, 6) is -0.403. The summed E-state index contributed by atoms with van der Waals surface area (Å²) >= 11 is 1.60. The van der Waals surface area contributed by atoms with Crippen molar-refractivity contribution in [3.63, 3.8) is 0 Å². The lowest BCUT2D eigenvalue weighted by Gasteiger charge is -2.39. The second-order valence-electron chi connectivity index (χ2n) is 8.56. The number of nitrogens with zero attached hydrogens (tertiary/aromatic N) is 1. The zero-order valence-electron chi connectivity index (χ0n) is 17.3. The van der Waals surface area contributed by atoms with Gasteiger partial charge in [-0.15, -0.1) is 0 Å². The van der Waals surface area contributed by atoms with E-state index in [4.69, 9.17) is 9.84 Å². The molecule has 0 unspecified atom stereocenters. The van der Waals surface area contributed by atoms with Gasteiger partial charge in [-0.1, -0.05) is 6.07 Å². The van der Waals surface area contributed by atoms with Gasteiger partial charge < -0.3 is 9.84 Å². The Hall–Kier alpha value is -2.70. The van der Waals surface area contributed by atoms with Gasteiger partial charge in [0.05, 0.1) is 5.92 Å². The molecule has 1 N–H and O–H groups in total. The Morgan fingerprint density at radius 3 is 2.74 bits per heavy atom. The number of aryl methyl sites for hydroxylation is 1. The number of hydrogen-bond acceptors (Lipinski definition) is 4. The molecular weight excluding hydrogens is 413 g/mol. The number of hydrogen-bond donors (Lipinski definition) is 1. The van der Waals surface area contributed by atoms with Crippen LogP contribution in [0.15, 0.2) is 47.2 Å². The molecule has 0 amide bonds. The van der Waals surface area contributed by atoms with Crippen LogP contribution in [0.3, 0.4) is 0 Å². The summed E-state index contributed by atoms with van der Waals surface area (Å²) in [6.07, 6.45) is 1.46. The van der Waals surface area contributed by atoms with Gasteiger partial charge in [0.2, 0.25) is 0 Å². The lowest BCUT2D eigenvalue weighted by molar-refractivity contribution is -0.147. The molecule has 0 spiro atoms. The SMILES string of the molecule is Cc1cc(COc2ccc3c(c2)CN([C@H]2C[C@H](C(=O)O)C2)C3)c(F)cc1-c1ccsc1. The highest BCUT2D eigenvalue weighted by Crippen LogP contribution is 2.38. The summed E-state index contributed by atoms with van der Waals surface area (Å²) in [6, 6.07) is 11.9. The Morgan fingerprint density at radius 1 is 1.19 bits per heavy atom. The number of benzene rings is 2. The average Bonchev–Trinajstić information content (AvgIpc) is 3.36. The molecule has 1 fully saturated rings. The van der Waals surface area contributed by atoms with Crippen molar-refractivity contribution in [1.29, 1.82) is 0 Å². The van der Waals surface area contributed by atoms with Crippen LogP contribution < -0.4 is 4.74 Å². The van der Waals surface area contributed by atoms with Crippen LogP contribution in [0.4, 0.5) is 4.39 Å². The van der Waals surface area contributed by atoms with Gasteiger partial charge in [0.1, 0.15) is 18.2 Å². The van der Waals surface area contributed by atoms with E-state index in [2.05, 4.69) is 11.0 Å². The first-order valence-corrected chi connectivity index (χ1v) is 11.5. The molecule has 0 bridgehead atoms. The molecule has 5 rings (SSSR count). The quantitative estimate of drug-likeness (QED) is 0.544. The number of fused-ring (bicyclic) bond motifs is 1. The molecular formula is C25H24FNO3S. The molecule has 0 atom stereocenters. The minimum Gasteiger partial charge on any atom is -0.489 e. The number of carbonyl (C=O) groups is 1. The Bertz CT molecular complexity index is 1120. The van der Waals surface area contributed by atoms with E-state index in [9.17, 15) is 9.18 Å². The third-order valence-corrected chi connectivity index (χ3v) is 7.21. The van der Waals surface area contributed by atoms with Crippen molar-refractivity contribution in [2.75, 3.05) is 0 Å². The summed E-state index contributed by atoms with van der Waals surface area (Å²) in [6.45, 7) is 3.84. The lowest BCUT2D eigenvalue weighted by Crippen LogP contribution is -2.44. The van der Waals surface area contributed by atoms with Crippen LogP contribution in [-0.2, 0) is 24.5 Å². The Balaban J connectivity index is 1.23. The van der Waals surface area contributed by atoms with Crippen LogP contribution in [0, 0.1) is 18.7 Å². The van der Waals surface area contributed by atoms with E-state index in [0.717, 1.165) is 48.4 Å². The Kier molecular flexibility index (Phi) is 5.28. The standard InChI is InChI=1S/C25H24FNO3S/c1-15-6-20(24(26)10-23(15)17-4-5-31-14-17)13-30-22-3-2-16-11-27(12-19(16)9-22)21-7-18(8-21)25(28)29/h2-6,9-10,14,18,21H,7-8,11-13H2,1H3,(H,28,29)/t18-,21-. The molecule has 0 radical (unpaired) electrons. The van der Waals surface area contributed by atoms with Crippen LogP contribution in [0.25, 0.3) is 11.1 Å².